The zero-order valence-electron chi connectivity index (χ0n) is 2.10. The van der Waals surface area contributed by atoms with E-state index in [1.54, 1.807) is 0 Å². The van der Waals surface area contributed by atoms with Crippen molar-refractivity contribution in [2.24, 2.45) is 0 Å². The van der Waals surface area contributed by atoms with Gasteiger partial charge in [0.1, 0.15) is 0 Å². The number of hydrogen-bond acceptors (Lipinski definition) is 1. The predicted molar refractivity (Wildman–Crippen MR) is 9.08 cm³/mol. The van der Waals surface area contributed by atoms with Crippen molar-refractivity contribution in [2.45, 2.75) is 0 Å². The molecule has 4 heteroatoms. The van der Waals surface area contributed by atoms with Crippen LogP contribution in [0.1, 0.15) is 0 Å². The van der Waals surface area contributed by atoms with Crippen LogP contribution in [0.2, 0.25) is 0 Å². The van der Waals surface area contributed by atoms with Gasteiger partial charge in [0.05, 0.1) is 0 Å². The number of hydrogen-bond donors (Lipinski definition) is 0. The first-order valence-electron chi connectivity index (χ1n) is 0. The summed E-state index contributed by atoms with van der Waals surface area (Å²) in [7, 11) is 0. The Morgan fingerprint density at radius 3 is 1.00 bits per heavy atom. The molecular formula is H2CoMgNiO. The van der Waals surface area contributed by atoms with E-state index in [9.17, 15) is 0 Å². The van der Waals surface area contributed by atoms with Crippen LogP contribution in [0, 0.1) is 0 Å². The molecule has 0 heterocycles. The van der Waals surface area contributed by atoms with Gasteiger partial charge in [-0.3, -0.25) is 0 Å². The third-order valence-corrected chi connectivity index (χ3v) is 0. The van der Waals surface area contributed by atoms with E-state index in [0.29, 0.717) is 0 Å². The van der Waals surface area contributed by atoms with E-state index in [0.717, 1.165) is 0 Å². The topological polar surface area (TPSA) is 30.0 Å². The van der Waals surface area contributed by atoms with Crippen molar-refractivity contribution in [1.82, 2.24) is 0 Å². The summed E-state index contributed by atoms with van der Waals surface area (Å²) in [6.07, 6.45) is 0. The third kappa shape index (κ3) is 9.29. The van der Waals surface area contributed by atoms with Crippen LogP contribution in [0.4, 0.5) is 0 Å². The Morgan fingerprint density at radius 1 is 1.00 bits per heavy atom. The Kier molecular flexibility index (Phi) is 236. The molecule has 0 spiro atoms. The Bertz CT molecular complexity index is 8.00. The maximum Gasteiger partial charge on any atom is 0 e. The monoisotopic (exact) mass is 159 g/mol. The fourth-order valence-electron chi connectivity index (χ4n) is 0. The second-order valence-corrected chi connectivity index (χ2v) is 0. The van der Waals surface area contributed by atoms with Crippen molar-refractivity contribution in [1.29, 1.82) is 0 Å². The van der Waals surface area contributed by atoms with Gasteiger partial charge < -0.3 is 5.48 Å². The first kappa shape index (κ1) is 42.9. The SMILES string of the molecule is [Co].[MgH+].[Ni].[OH-]. The molecule has 0 aliphatic heterocycles. The van der Waals surface area contributed by atoms with Crippen LogP contribution < -0.4 is 0 Å². The average molecular weight is 160 g/mol. The second kappa shape index (κ2) is 22.0. The van der Waals surface area contributed by atoms with E-state index in [1.807, 2.05) is 0 Å². The molecule has 0 bridgehead atoms. The molecule has 0 aliphatic carbocycles. The fourth-order valence-corrected chi connectivity index (χ4v) is 0. The number of rotatable bonds is 0. The van der Waals surface area contributed by atoms with Crippen LogP contribution in [0.25, 0.3) is 0 Å². The van der Waals surface area contributed by atoms with Crippen molar-refractivity contribution in [3.8, 4) is 0 Å². The van der Waals surface area contributed by atoms with Crippen molar-refractivity contribution < 1.29 is 38.7 Å². The van der Waals surface area contributed by atoms with Gasteiger partial charge in [-0.05, 0) is 0 Å². The first-order valence-corrected chi connectivity index (χ1v) is 0. The minimum absolute atomic E-state index is 0. The Hall–Kier alpha value is 1.73. The van der Waals surface area contributed by atoms with E-state index in [1.165, 1.54) is 0 Å². The largest absolute Gasteiger partial charge is 0.870 e. The minimum atomic E-state index is 0. The van der Waals surface area contributed by atoms with Crippen LogP contribution >= 0.6 is 0 Å². The van der Waals surface area contributed by atoms with E-state index >= 15 is 0 Å². The quantitative estimate of drug-likeness (QED) is 0.425. The van der Waals surface area contributed by atoms with Crippen LogP contribution in [-0.4, -0.2) is 28.5 Å². The zero-order valence-corrected chi connectivity index (χ0v) is 6.13. The molecule has 0 aromatic rings. The van der Waals surface area contributed by atoms with Crippen LogP contribution in [0.5, 0.6) is 0 Å². The van der Waals surface area contributed by atoms with Crippen molar-refractivity contribution >= 4 is 23.1 Å². The van der Waals surface area contributed by atoms with Gasteiger partial charge in [0.2, 0.25) is 0 Å². The van der Waals surface area contributed by atoms with Gasteiger partial charge in [-0.2, -0.15) is 0 Å². The molecule has 0 aliphatic rings. The van der Waals surface area contributed by atoms with Gasteiger partial charge >= 0.3 is 23.1 Å². The summed E-state index contributed by atoms with van der Waals surface area (Å²) in [5.41, 5.74) is 0. The van der Waals surface area contributed by atoms with Gasteiger partial charge in [-0.25, -0.2) is 0 Å². The maximum atomic E-state index is 0. The smallest absolute Gasteiger partial charge is 0 e. The summed E-state index contributed by atoms with van der Waals surface area (Å²) < 4.78 is 0. The van der Waals surface area contributed by atoms with Gasteiger partial charge in [0, 0.05) is 33.3 Å². The van der Waals surface area contributed by atoms with Crippen LogP contribution in [0.15, 0.2) is 0 Å². The Labute approximate surface area is 61.5 Å². The molecule has 0 aromatic heterocycles. The summed E-state index contributed by atoms with van der Waals surface area (Å²) in [5.74, 6) is 0. The van der Waals surface area contributed by atoms with Gasteiger partial charge in [-0.15, -0.1) is 0 Å². The molecule has 1 N–H and O–H groups in total. The molecule has 4 heavy (non-hydrogen) atoms. The Balaban J connectivity index is 0. The summed E-state index contributed by atoms with van der Waals surface area (Å²) in [6, 6.07) is 0. The molecule has 0 atom stereocenters. The molecule has 0 fully saturated rings. The predicted octanol–water partition coefficient (Wildman–Crippen LogP) is -0.830. The van der Waals surface area contributed by atoms with E-state index in [-0.39, 0.29) is 61.8 Å². The van der Waals surface area contributed by atoms with Gasteiger partial charge in [0.25, 0.3) is 0 Å². The average Bonchev–Trinajstić information content (AvgIpc) is 0. The maximum absolute atomic E-state index is 0. The molecule has 0 rings (SSSR count). The summed E-state index contributed by atoms with van der Waals surface area (Å²) in [4.78, 5) is 0. The van der Waals surface area contributed by atoms with Crippen molar-refractivity contribution in [3.05, 3.63) is 0 Å². The van der Waals surface area contributed by atoms with Crippen LogP contribution in [0.3, 0.4) is 0 Å². The van der Waals surface area contributed by atoms with Crippen LogP contribution in [-0.2, 0) is 33.3 Å². The Morgan fingerprint density at radius 2 is 1.00 bits per heavy atom. The third-order valence-electron chi connectivity index (χ3n) is 0. The summed E-state index contributed by atoms with van der Waals surface area (Å²) in [6.45, 7) is 0. The van der Waals surface area contributed by atoms with Crippen molar-refractivity contribution in [3.63, 3.8) is 0 Å². The molecule has 1 nitrogen and oxygen atoms in total. The van der Waals surface area contributed by atoms with E-state index in [4.69, 9.17) is 0 Å². The molecular weight excluding hydrogens is 158 g/mol. The molecule has 1 radical (unpaired) electrons. The van der Waals surface area contributed by atoms with E-state index in [2.05, 4.69) is 0 Å². The standard InChI is InChI=1S/Co.Mg.Ni.H2O.H/h;;;1H2;/q;+1;;;/p-1. The zero-order chi connectivity index (χ0) is 0. The van der Waals surface area contributed by atoms with Crippen molar-refractivity contribution in [2.75, 3.05) is 0 Å². The molecule has 0 aromatic carbocycles. The molecule has 0 saturated heterocycles. The van der Waals surface area contributed by atoms with Gasteiger partial charge in [0.15, 0.2) is 0 Å². The summed E-state index contributed by atoms with van der Waals surface area (Å²) >= 11 is 0. The molecule has 0 saturated carbocycles. The normalized spacial score (nSPS) is 0. The summed E-state index contributed by atoms with van der Waals surface area (Å²) in [5, 5.41) is 0. The molecule has 0 unspecified atom stereocenters. The molecule has 0 amide bonds. The van der Waals surface area contributed by atoms with E-state index < -0.39 is 0 Å². The molecule has 29 valence electrons. The second-order valence-electron chi connectivity index (χ2n) is 0. The first-order chi connectivity index (χ1) is 0. The fraction of sp³-hybridized carbons (Fsp3) is 0. The van der Waals surface area contributed by atoms with Gasteiger partial charge in [-0.1, -0.05) is 0 Å². The minimum Gasteiger partial charge on any atom is -0.870 e.